The van der Waals surface area contributed by atoms with E-state index in [2.05, 4.69) is 10.3 Å². The Kier molecular flexibility index (Phi) is 4.33. The zero-order valence-electron chi connectivity index (χ0n) is 13.2. The van der Waals surface area contributed by atoms with E-state index in [1.807, 2.05) is 0 Å². The Hall–Kier alpha value is -2.70. The monoisotopic (exact) mass is 329 g/mol. The molecule has 1 amide bonds. The van der Waals surface area contributed by atoms with Gasteiger partial charge in [0.2, 0.25) is 5.91 Å². The molecule has 1 aromatic heterocycles. The predicted octanol–water partition coefficient (Wildman–Crippen LogP) is 1.30. The second-order valence-corrected chi connectivity index (χ2v) is 6.15. The number of fused-ring (bicyclic) bond motifs is 1. The molecule has 0 spiro atoms. The van der Waals surface area contributed by atoms with Gasteiger partial charge in [0.05, 0.1) is 17.2 Å². The molecule has 0 bridgehead atoms. The number of aliphatic carboxylic acids is 1. The molecule has 1 aliphatic carbocycles. The Morgan fingerprint density at radius 2 is 1.96 bits per heavy atom. The van der Waals surface area contributed by atoms with Gasteiger partial charge in [0.25, 0.3) is 5.56 Å². The van der Waals surface area contributed by atoms with Gasteiger partial charge in [0, 0.05) is 13.0 Å². The van der Waals surface area contributed by atoms with E-state index in [0.29, 0.717) is 23.7 Å². The Bertz CT molecular complexity index is 837. The van der Waals surface area contributed by atoms with Crippen molar-refractivity contribution in [3.8, 4) is 0 Å². The molecule has 1 heterocycles. The highest BCUT2D eigenvalue weighted by Gasteiger charge is 2.42. The van der Waals surface area contributed by atoms with Gasteiger partial charge < -0.3 is 10.4 Å². The van der Waals surface area contributed by atoms with Crippen LogP contribution in [0.3, 0.4) is 0 Å². The van der Waals surface area contributed by atoms with E-state index in [0.717, 1.165) is 12.8 Å². The number of benzene rings is 1. The lowest BCUT2D eigenvalue weighted by molar-refractivity contribution is -0.147. The van der Waals surface area contributed by atoms with Crippen molar-refractivity contribution in [3.05, 3.63) is 40.9 Å². The number of hydrogen-bond donors (Lipinski definition) is 2. The first-order valence-electron chi connectivity index (χ1n) is 8.00. The molecule has 0 saturated heterocycles. The second kappa shape index (κ2) is 6.43. The number of amides is 1. The molecule has 0 unspecified atom stereocenters. The number of carbonyl (C=O) groups excluding carboxylic acids is 1. The first kappa shape index (κ1) is 16.2. The van der Waals surface area contributed by atoms with Crippen LogP contribution >= 0.6 is 0 Å². The smallest absolute Gasteiger partial charge is 0.329 e. The van der Waals surface area contributed by atoms with Gasteiger partial charge in [0.15, 0.2) is 0 Å². The molecule has 1 aromatic carbocycles. The van der Waals surface area contributed by atoms with Gasteiger partial charge in [-0.3, -0.25) is 14.2 Å². The normalized spacial score (nSPS) is 16.2. The van der Waals surface area contributed by atoms with Gasteiger partial charge in [-0.1, -0.05) is 25.0 Å². The number of aryl methyl sites for hydroxylation is 1. The van der Waals surface area contributed by atoms with Crippen LogP contribution in [0.15, 0.2) is 35.4 Å². The first-order chi connectivity index (χ1) is 11.5. The van der Waals surface area contributed by atoms with Crippen LogP contribution < -0.4 is 10.9 Å². The topological polar surface area (TPSA) is 101 Å². The van der Waals surface area contributed by atoms with Crippen LogP contribution in [0, 0.1) is 0 Å². The lowest BCUT2D eigenvalue weighted by Gasteiger charge is -2.25. The second-order valence-electron chi connectivity index (χ2n) is 6.15. The van der Waals surface area contributed by atoms with Crippen molar-refractivity contribution in [3.63, 3.8) is 0 Å². The zero-order valence-corrected chi connectivity index (χ0v) is 13.2. The summed E-state index contributed by atoms with van der Waals surface area (Å²) in [6, 6.07) is 7.02. The van der Waals surface area contributed by atoms with Crippen molar-refractivity contribution in [2.24, 2.45) is 0 Å². The number of nitrogens with one attached hydrogen (secondary N) is 1. The summed E-state index contributed by atoms with van der Waals surface area (Å²) in [6.45, 7) is 0.165. The van der Waals surface area contributed by atoms with Crippen molar-refractivity contribution < 1.29 is 14.7 Å². The minimum absolute atomic E-state index is 0.0367. The van der Waals surface area contributed by atoms with Crippen LogP contribution in [-0.4, -0.2) is 32.1 Å². The average Bonchev–Trinajstić information content (AvgIpc) is 3.04. The maximum atomic E-state index is 12.4. The maximum absolute atomic E-state index is 12.4. The Labute approximate surface area is 138 Å². The minimum Gasteiger partial charge on any atom is -0.480 e. The first-order valence-corrected chi connectivity index (χ1v) is 8.00. The molecular formula is C17H19N3O4. The molecule has 3 rings (SSSR count). The van der Waals surface area contributed by atoms with Gasteiger partial charge in [-0.05, 0) is 25.0 Å². The fourth-order valence-corrected chi connectivity index (χ4v) is 3.19. The number of hydrogen-bond acceptors (Lipinski definition) is 4. The van der Waals surface area contributed by atoms with Gasteiger partial charge in [0.1, 0.15) is 5.54 Å². The third-order valence-corrected chi connectivity index (χ3v) is 4.56. The summed E-state index contributed by atoms with van der Waals surface area (Å²) in [5, 5.41) is 12.5. The van der Waals surface area contributed by atoms with Gasteiger partial charge in [-0.15, -0.1) is 0 Å². The van der Waals surface area contributed by atoms with E-state index in [4.69, 9.17) is 0 Å². The summed E-state index contributed by atoms with van der Waals surface area (Å²) >= 11 is 0. The van der Waals surface area contributed by atoms with Crippen LogP contribution in [0.25, 0.3) is 10.9 Å². The van der Waals surface area contributed by atoms with Crippen LogP contribution in [0.1, 0.15) is 32.1 Å². The van der Waals surface area contributed by atoms with Crippen molar-refractivity contribution in [1.29, 1.82) is 0 Å². The summed E-state index contributed by atoms with van der Waals surface area (Å²) in [6.07, 6.45) is 3.94. The summed E-state index contributed by atoms with van der Waals surface area (Å²) in [5.41, 5.74) is -0.745. The van der Waals surface area contributed by atoms with E-state index in [1.165, 1.54) is 10.9 Å². The summed E-state index contributed by atoms with van der Waals surface area (Å²) in [7, 11) is 0. The number of carboxylic acid groups (broad SMARTS) is 1. The molecule has 7 nitrogen and oxygen atoms in total. The zero-order chi connectivity index (χ0) is 17.2. The number of rotatable bonds is 5. The van der Waals surface area contributed by atoms with Gasteiger partial charge >= 0.3 is 5.97 Å². The van der Waals surface area contributed by atoms with Crippen LogP contribution in [0.2, 0.25) is 0 Å². The Morgan fingerprint density at radius 1 is 1.25 bits per heavy atom. The number of nitrogens with zero attached hydrogens (tertiary/aromatic N) is 2. The molecule has 0 radical (unpaired) electrons. The molecule has 0 aliphatic heterocycles. The molecule has 0 atom stereocenters. The number of aromatic nitrogens is 2. The highest BCUT2D eigenvalue weighted by molar-refractivity contribution is 5.87. The summed E-state index contributed by atoms with van der Waals surface area (Å²) in [5.74, 6) is -1.35. The van der Waals surface area contributed by atoms with E-state index in [-0.39, 0.29) is 24.4 Å². The molecule has 1 saturated carbocycles. The standard InChI is InChI=1S/C17H19N3O4/c21-14(19-17(16(23)24)8-3-4-9-17)7-10-20-11-18-13-6-2-1-5-12(13)15(20)22/h1-2,5-6,11H,3-4,7-10H2,(H,19,21)(H,23,24). The van der Waals surface area contributed by atoms with Crippen LogP contribution in [0.5, 0.6) is 0 Å². The van der Waals surface area contributed by atoms with Crippen molar-refractivity contribution in [1.82, 2.24) is 14.9 Å². The predicted molar refractivity (Wildman–Crippen MR) is 87.6 cm³/mol. The lowest BCUT2D eigenvalue weighted by atomic mass is 9.97. The van der Waals surface area contributed by atoms with E-state index < -0.39 is 11.5 Å². The fourth-order valence-electron chi connectivity index (χ4n) is 3.19. The molecule has 1 aliphatic rings. The molecule has 126 valence electrons. The van der Waals surface area contributed by atoms with E-state index in [9.17, 15) is 19.5 Å². The fraction of sp³-hybridized carbons (Fsp3) is 0.412. The highest BCUT2D eigenvalue weighted by atomic mass is 16.4. The van der Waals surface area contributed by atoms with E-state index >= 15 is 0 Å². The summed E-state index contributed by atoms with van der Waals surface area (Å²) < 4.78 is 1.38. The average molecular weight is 329 g/mol. The van der Waals surface area contributed by atoms with E-state index in [1.54, 1.807) is 24.3 Å². The molecule has 7 heteroatoms. The molecule has 2 aromatic rings. The molecular weight excluding hydrogens is 310 g/mol. The van der Waals surface area contributed by atoms with Crippen LogP contribution in [0.4, 0.5) is 0 Å². The summed E-state index contributed by atoms with van der Waals surface area (Å²) in [4.78, 5) is 40.2. The SMILES string of the molecule is O=C(CCn1cnc2ccccc2c1=O)NC1(C(=O)O)CCCC1. The van der Waals surface area contributed by atoms with Crippen molar-refractivity contribution in [2.75, 3.05) is 0 Å². The maximum Gasteiger partial charge on any atom is 0.329 e. The van der Waals surface area contributed by atoms with Gasteiger partial charge in [-0.25, -0.2) is 9.78 Å². The number of carboxylic acids is 1. The van der Waals surface area contributed by atoms with Gasteiger partial charge in [-0.2, -0.15) is 0 Å². The Morgan fingerprint density at radius 3 is 2.67 bits per heavy atom. The quantitative estimate of drug-likeness (QED) is 0.861. The van der Waals surface area contributed by atoms with Crippen molar-refractivity contribution >= 4 is 22.8 Å². The third-order valence-electron chi connectivity index (χ3n) is 4.56. The molecule has 1 fully saturated rings. The Balaban J connectivity index is 1.69. The van der Waals surface area contributed by atoms with Crippen LogP contribution in [-0.2, 0) is 16.1 Å². The molecule has 2 N–H and O–H groups in total. The number of carbonyl (C=O) groups is 2. The highest BCUT2D eigenvalue weighted by Crippen LogP contribution is 2.29. The molecule has 24 heavy (non-hydrogen) atoms. The number of para-hydroxylation sites is 1. The van der Waals surface area contributed by atoms with Crippen molar-refractivity contribution in [2.45, 2.75) is 44.2 Å². The largest absolute Gasteiger partial charge is 0.480 e. The lowest BCUT2D eigenvalue weighted by Crippen LogP contribution is -2.52. The minimum atomic E-state index is -1.15. The third kappa shape index (κ3) is 3.02.